The van der Waals surface area contributed by atoms with Crippen molar-refractivity contribution in [3.8, 4) is 0 Å². The van der Waals surface area contributed by atoms with Gasteiger partial charge in [-0.25, -0.2) is 4.39 Å². The predicted molar refractivity (Wildman–Crippen MR) is 98.0 cm³/mol. The predicted octanol–water partition coefficient (Wildman–Crippen LogP) is 2.85. The van der Waals surface area contributed by atoms with E-state index in [-0.39, 0.29) is 24.2 Å². The van der Waals surface area contributed by atoms with Gasteiger partial charge in [-0.15, -0.1) is 0 Å². The van der Waals surface area contributed by atoms with Gasteiger partial charge in [-0.2, -0.15) is 0 Å². The van der Waals surface area contributed by atoms with Crippen molar-refractivity contribution < 1.29 is 18.8 Å². The first-order valence-electron chi connectivity index (χ1n) is 8.79. The molecule has 1 heterocycles. The Morgan fingerprint density at radius 2 is 1.93 bits per heavy atom. The molecular weight excluding hydrogens is 349 g/mol. The molecule has 0 aromatic heterocycles. The fourth-order valence-electron chi connectivity index (χ4n) is 2.85. The average molecular weight is 367 g/mol. The minimum absolute atomic E-state index is 0.211. The zero-order valence-corrected chi connectivity index (χ0v) is 14.4. The molecule has 0 bridgehead atoms. The molecule has 1 saturated carbocycles. The summed E-state index contributed by atoms with van der Waals surface area (Å²) in [5.74, 6) is -0.993. The van der Waals surface area contributed by atoms with E-state index >= 15 is 0 Å². The van der Waals surface area contributed by atoms with Gasteiger partial charge in [-0.05, 0) is 37.1 Å². The summed E-state index contributed by atoms with van der Waals surface area (Å²) in [5, 5.41) is 9.55. The molecule has 2 aromatic carbocycles. The van der Waals surface area contributed by atoms with E-state index in [2.05, 4.69) is 15.8 Å². The maximum atomic E-state index is 13.4. The van der Waals surface area contributed by atoms with E-state index in [0.717, 1.165) is 12.8 Å². The van der Waals surface area contributed by atoms with Gasteiger partial charge in [0.2, 0.25) is 6.10 Å². The molecule has 1 atom stereocenters. The van der Waals surface area contributed by atoms with E-state index in [1.165, 1.54) is 12.1 Å². The SMILES string of the molecule is O=C(NC1CC1)c1ccccc1NC(=O)C1CC(c2cccc(F)c2)=NO1. The first-order valence-corrected chi connectivity index (χ1v) is 8.79. The fourth-order valence-corrected chi connectivity index (χ4v) is 2.85. The maximum absolute atomic E-state index is 13.4. The van der Waals surface area contributed by atoms with Crippen LogP contribution in [0.2, 0.25) is 0 Å². The van der Waals surface area contributed by atoms with Crippen LogP contribution in [-0.4, -0.2) is 29.7 Å². The Labute approximate surface area is 155 Å². The molecular formula is C20H18FN3O3. The normalized spacial score (nSPS) is 18.4. The summed E-state index contributed by atoms with van der Waals surface area (Å²) in [4.78, 5) is 30.1. The monoisotopic (exact) mass is 367 g/mol. The average Bonchev–Trinajstić information content (AvgIpc) is 3.33. The Morgan fingerprint density at radius 1 is 1.11 bits per heavy atom. The van der Waals surface area contributed by atoms with Crippen LogP contribution in [0.5, 0.6) is 0 Å². The smallest absolute Gasteiger partial charge is 0.268 e. The lowest BCUT2D eigenvalue weighted by Gasteiger charge is -2.13. The van der Waals surface area contributed by atoms with Crippen molar-refractivity contribution in [3.63, 3.8) is 0 Å². The van der Waals surface area contributed by atoms with E-state index < -0.39 is 12.0 Å². The second-order valence-electron chi connectivity index (χ2n) is 6.63. The minimum atomic E-state index is -0.831. The van der Waals surface area contributed by atoms with Gasteiger partial charge < -0.3 is 15.5 Å². The molecule has 27 heavy (non-hydrogen) atoms. The standard InChI is InChI=1S/C20H18FN3O3/c21-13-5-3-4-12(10-13)17-11-18(27-24-17)20(26)23-16-7-2-1-6-15(16)19(25)22-14-8-9-14/h1-7,10,14,18H,8-9,11H2,(H,22,25)(H,23,26). The molecule has 138 valence electrons. The highest BCUT2D eigenvalue weighted by atomic mass is 19.1. The van der Waals surface area contributed by atoms with Crippen molar-refractivity contribution in [2.24, 2.45) is 5.16 Å². The van der Waals surface area contributed by atoms with Crippen LogP contribution in [0.3, 0.4) is 0 Å². The van der Waals surface area contributed by atoms with Gasteiger partial charge in [-0.3, -0.25) is 9.59 Å². The van der Waals surface area contributed by atoms with Gasteiger partial charge in [0, 0.05) is 18.0 Å². The third-order valence-corrected chi connectivity index (χ3v) is 4.46. The van der Waals surface area contributed by atoms with Crippen LogP contribution in [0.4, 0.5) is 10.1 Å². The summed E-state index contributed by atoms with van der Waals surface area (Å²) in [5.41, 5.74) is 1.91. The van der Waals surface area contributed by atoms with E-state index in [9.17, 15) is 14.0 Å². The Hall–Kier alpha value is -3.22. The molecule has 2 aliphatic rings. The van der Waals surface area contributed by atoms with Gasteiger partial charge in [0.25, 0.3) is 11.8 Å². The van der Waals surface area contributed by atoms with Crippen molar-refractivity contribution in [3.05, 3.63) is 65.5 Å². The molecule has 2 aromatic rings. The van der Waals surface area contributed by atoms with Crippen molar-refractivity contribution in [2.45, 2.75) is 31.4 Å². The highest BCUT2D eigenvalue weighted by Gasteiger charge is 2.30. The van der Waals surface area contributed by atoms with Crippen LogP contribution >= 0.6 is 0 Å². The lowest BCUT2D eigenvalue weighted by atomic mass is 10.0. The van der Waals surface area contributed by atoms with Gasteiger partial charge in [0.05, 0.1) is 17.0 Å². The third-order valence-electron chi connectivity index (χ3n) is 4.46. The molecule has 1 aliphatic carbocycles. The number of hydrogen-bond acceptors (Lipinski definition) is 4. The molecule has 1 unspecified atom stereocenters. The van der Waals surface area contributed by atoms with Crippen LogP contribution in [0, 0.1) is 5.82 Å². The first kappa shape index (κ1) is 17.2. The summed E-state index contributed by atoms with van der Waals surface area (Å²) in [6.45, 7) is 0. The lowest BCUT2D eigenvalue weighted by molar-refractivity contribution is -0.125. The highest BCUT2D eigenvalue weighted by molar-refractivity contribution is 6.08. The second-order valence-corrected chi connectivity index (χ2v) is 6.63. The van der Waals surface area contributed by atoms with Crippen LogP contribution in [-0.2, 0) is 9.63 Å². The zero-order valence-electron chi connectivity index (χ0n) is 14.4. The van der Waals surface area contributed by atoms with Crippen LogP contribution in [0.15, 0.2) is 53.7 Å². The van der Waals surface area contributed by atoms with Gasteiger partial charge in [-0.1, -0.05) is 29.4 Å². The minimum Gasteiger partial charge on any atom is -0.382 e. The van der Waals surface area contributed by atoms with Crippen molar-refractivity contribution in [1.82, 2.24) is 5.32 Å². The number of nitrogens with one attached hydrogen (secondary N) is 2. The van der Waals surface area contributed by atoms with Crippen LogP contribution in [0.1, 0.15) is 35.2 Å². The molecule has 1 aliphatic heterocycles. The number of anilines is 1. The van der Waals surface area contributed by atoms with Gasteiger partial charge in [0.1, 0.15) is 5.82 Å². The van der Waals surface area contributed by atoms with E-state index in [0.29, 0.717) is 22.5 Å². The second kappa shape index (κ2) is 7.19. The number of carbonyl (C=O) groups excluding carboxylic acids is 2. The molecule has 0 saturated heterocycles. The quantitative estimate of drug-likeness (QED) is 0.853. The number of nitrogens with zero attached hydrogens (tertiary/aromatic N) is 1. The molecule has 2 N–H and O–H groups in total. The summed E-state index contributed by atoms with van der Waals surface area (Å²) in [7, 11) is 0. The summed E-state index contributed by atoms with van der Waals surface area (Å²) < 4.78 is 13.4. The summed E-state index contributed by atoms with van der Waals surface area (Å²) in [6, 6.07) is 13.0. The Kier molecular flexibility index (Phi) is 4.58. The number of halogens is 1. The molecule has 0 spiro atoms. The van der Waals surface area contributed by atoms with Crippen molar-refractivity contribution >= 4 is 23.2 Å². The molecule has 7 heteroatoms. The number of carbonyl (C=O) groups is 2. The van der Waals surface area contributed by atoms with Crippen molar-refractivity contribution in [1.29, 1.82) is 0 Å². The maximum Gasteiger partial charge on any atom is 0.268 e. The highest BCUT2D eigenvalue weighted by Crippen LogP contribution is 2.23. The molecule has 0 radical (unpaired) electrons. The summed E-state index contributed by atoms with van der Waals surface area (Å²) >= 11 is 0. The van der Waals surface area contributed by atoms with Crippen molar-refractivity contribution in [2.75, 3.05) is 5.32 Å². The number of rotatable bonds is 5. The summed E-state index contributed by atoms with van der Waals surface area (Å²) in [6.07, 6.45) is 1.36. The lowest BCUT2D eigenvalue weighted by Crippen LogP contribution is -2.30. The Bertz CT molecular complexity index is 924. The van der Waals surface area contributed by atoms with Crippen LogP contribution < -0.4 is 10.6 Å². The largest absolute Gasteiger partial charge is 0.382 e. The van der Waals surface area contributed by atoms with E-state index in [1.54, 1.807) is 36.4 Å². The van der Waals surface area contributed by atoms with Crippen LogP contribution in [0.25, 0.3) is 0 Å². The first-order chi connectivity index (χ1) is 13.1. The zero-order chi connectivity index (χ0) is 18.8. The fraction of sp³-hybridized carbons (Fsp3) is 0.250. The number of hydrogen-bond donors (Lipinski definition) is 2. The number of amides is 2. The number of benzene rings is 2. The Balaban J connectivity index is 1.42. The molecule has 1 fully saturated rings. The molecule has 2 amide bonds. The third kappa shape index (κ3) is 3.97. The van der Waals surface area contributed by atoms with E-state index in [4.69, 9.17) is 4.84 Å². The molecule has 6 nitrogen and oxygen atoms in total. The van der Waals surface area contributed by atoms with Gasteiger partial charge in [0.15, 0.2) is 0 Å². The number of para-hydroxylation sites is 1. The topological polar surface area (TPSA) is 79.8 Å². The van der Waals surface area contributed by atoms with Gasteiger partial charge >= 0.3 is 0 Å². The van der Waals surface area contributed by atoms with E-state index in [1.807, 2.05) is 0 Å². The molecule has 4 rings (SSSR count). The Morgan fingerprint density at radius 3 is 2.70 bits per heavy atom. The number of oxime groups is 1.